The zero-order chi connectivity index (χ0) is 12.8. The predicted molar refractivity (Wildman–Crippen MR) is 77.7 cm³/mol. The summed E-state index contributed by atoms with van der Waals surface area (Å²) >= 11 is 0. The Morgan fingerprint density at radius 1 is 1.24 bits per heavy atom. The van der Waals surface area contributed by atoms with Crippen molar-refractivity contribution in [2.45, 2.75) is 66.2 Å². The van der Waals surface area contributed by atoms with Crippen molar-refractivity contribution in [1.29, 1.82) is 0 Å². The second-order valence-corrected chi connectivity index (χ2v) is 5.13. The molecule has 0 aliphatic heterocycles. The quantitative estimate of drug-likeness (QED) is 0.644. The standard InChI is InChI=1S/C15H22.C2H6/c1-4-12-8-9-15-13(10-12)6-5-7-14(15)11(2)3;1-2/h8-11,14H,4-7H2,1-3H3;1-2H3. The Kier molecular flexibility index (Phi) is 5.74. The van der Waals surface area contributed by atoms with Crippen LogP contribution in [0.25, 0.3) is 0 Å². The van der Waals surface area contributed by atoms with Gasteiger partial charge in [0.05, 0.1) is 0 Å². The van der Waals surface area contributed by atoms with Gasteiger partial charge in [0.1, 0.15) is 0 Å². The maximum absolute atomic E-state index is 2.43. The Labute approximate surface area is 107 Å². The van der Waals surface area contributed by atoms with E-state index in [9.17, 15) is 0 Å². The van der Waals surface area contributed by atoms with Crippen LogP contribution >= 0.6 is 0 Å². The second kappa shape index (κ2) is 6.83. The molecule has 0 saturated carbocycles. The predicted octanol–water partition coefficient (Wildman–Crippen LogP) is 5.35. The van der Waals surface area contributed by atoms with Crippen molar-refractivity contribution in [1.82, 2.24) is 0 Å². The highest BCUT2D eigenvalue weighted by Crippen LogP contribution is 2.36. The highest BCUT2D eigenvalue weighted by atomic mass is 14.3. The first-order chi connectivity index (χ1) is 8.22. The monoisotopic (exact) mass is 232 g/mol. The van der Waals surface area contributed by atoms with Crippen molar-refractivity contribution in [3.8, 4) is 0 Å². The normalized spacial score (nSPS) is 18.4. The van der Waals surface area contributed by atoms with E-state index in [2.05, 4.69) is 39.0 Å². The maximum Gasteiger partial charge on any atom is -0.0136 e. The van der Waals surface area contributed by atoms with Crippen LogP contribution in [0.4, 0.5) is 0 Å². The molecular formula is C17H28. The summed E-state index contributed by atoms with van der Waals surface area (Å²) in [6.07, 6.45) is 5.23. The van der Waals surface area contributed by atoms with Crippen molar-refractivity contribution in [3.63, 3.8) is 0 Å². The summed E-state index contributed by atoms with van der Waals surface area (Å²) in [5.74, 6) is 1.59. The first kappa shape index (κ1) is 14.3. The van der Waals surface area contributed by atoms with Crippen LogP contribution in [-0.2, 0) is 12.8 Å². The van der Waals surface area contributed by atoms with Gasteiger partial charge in [0.2, 0.25) is 0 Å². The van der Waals surface area contributed by atoms with Crippen LogP contribution in [0.3, 0.4) is 0 Å². The molecule has 0 bridgehead atoms. The number of hydrogen-bond donors (Lipinski definition) is 0. The van der Waals surface area contributed by atoms with Crippen LogP contribution in [-0.4, -0.2) is 0 Å². The Bertz CT molecular complexity index is 336. The number of rotatable bonds is 2. The van der Waals surface area contributed by atoms with Crippen LogP contribution in [0.2, 0.25) is 0 Å². The molecule has 0 heteroatoms. The van der Waals surface area contributed by atoms with Crippen molar-refractivity contribution in [3.05, 3.63) is 34.9 Å². The minimum atomic E-state index is 0.788. The molecule has 2 rings (SSSR count). The molecule has 1 atom stereocenters. The Hall–Kier alpha value is -0.780. The molecule has 1 aliphatic carbocycles. The van der Waals surface area contributed by atoms with Gasteiger partial charge in [-0.1, -0.05) is 52.8 Å². The van der Waals surface area contributed by atoms with E-state index < -0.39 is 0 Å². The molecule has 1 aromatic rings. The summed E-state index contributed by atoms with van der Waals surface area (Å²) < 4.78 is 0. The Balaban J connectivity index is 0.000000686. The summed E-state index contributed by atoms with van der Waals surface area (Å²) in [6.45, 7) is 10.9. The first-order valence-corrected chi connectivity index (χ1v) is 7.34. The molecule has 96 valence electrons. The van der Waals surface area contributed by atoms with Crippen LogP contribution in [0.1, 0.15) is 70.1 Å². The highest BCUT2D eigenvalue weighted by Gasteiger charge is 2.22. The molecule has 0 amide bonds. The molecular weight excluding hydrogens is 204 g/mol. The molecule has 0 nitrogen and oxygen atoms in total. The fourth-order valence-corrected chi connectivity index (χ4v) is 2.82. The van der Waals surface area contributed by atoms with Crippen molar-refractivity contribution >= 4 is 0 Å². The average Bonchev–Trinajstić information content (AvgIpc) is 2.39. The molecule has 17 heavy (non-hydrogen) atoms. The minimum absolute atomic E-state index is 0.788. The van der Waals surface area contributed by atoms with Gasteiger partial charge in [-0.2, -0.15) is 0 Å². The molecule has 0 heterocycles. The van der Waals surface area contributed by atoms with Gasteiger partial charge < -0.3 is 0 Å². The van der Waals surface area contributed by atoms with Gasteiger partial charge in [0.25, 0.3) is 0 Å². The van der Waals surface area contributed by atoms with E-state index in [4.69, 9.17) is 0 Å². The zero-order valence-electron chi connectivity index (χ0n) is 12.2. The Morgan fingerprint density at radius 2 is 1.94 bits per heavy atom. The number of hydrogen-bond acceptors (Lipinski definition) is 0. The molecule has 0 aromatic heterocycles. The summed E-state index contributed by atoms with van der Waals surface area (Å²) in [4.78, 5) is 0. The molecule has 0 radical (unpaired) electrons. The topological polar surface area (TPSA) is 0 Å². The lowest BCUT2D eigenvalue weighted by molar-refractivity contribution is 0.433. The van der Waals surface area contributed by atoms with Gasteiger partial charge in [-0.25, -0.2) is 0 Å². The first-order valence-electron chi connectivity index (χ1n) is 7.34. The van der Waals surface area contributed by atoms with Crippen molar-refractivity contribution in [2.24, 2.45) is 5.92 Å². The van der Waals surface area contributed by atoms with Gasteiger partial charge in [0, 0.05) is 0 Å². The van der Waals surface area contributed by atoms with E-state index >= 15 is 0 Å². The molecule has 1 unspecified atom stereocenters. The van der Waals surface area contributed by atoms with Gasteiger partial charge in [-0.05, 0) is 54.2 Å². The Morgan fingerprint density at radius 3 is 2.53 bits per heavy atom. The third kappa shape index (κ3) is 3.34. The van der Waals surface area contributed by atoms with Crippen LogP contribution in [0.15, 0.2) is 18.2 Å². The van der Waals surface area contributed by atoms with Gasteiger partial charge >= 0.3 is 0 Å². The number of fused-ring (bicyclic) bond motifs is 1. The second-order valence-electron chi connectivity index (χ2n) is 5.13. The lowest BCUT2D eigenvalue weighted by Crippen LogP contribution is -2.14. The molecule has 0 fully saturated rings. The lowest BCUT2D eigenvalue weighted by Gasteiger charge is -2.29. The SMILES string of the molecule is CC.CCc1ccc2c(c1)CCCC2C(C)C. The third-order valence-electron chi connectivity index (χ3n) is 3.78. The smallest absolute Gasteiger partial charge is 0.0136 e. The number of benzene rings is 1. The van der Waals surface area contributed by atoms with E-state index in [-0.39, 0.29) is 0 Å². The van der Waals surface area contributed by atoms with E-state index in [0.29, 0.717) is 0 Å². The van der Waals surface area contributed by atoms with Crippen LogP contribution in [0.5, 0.6) is 0 Å². The summed E-state index contributed by atoms with van der Waals surface area (Å²) in [5.41, 5.74) is 4.76. The van der Waals surface area contributed by atoms with Crippen molar-refractivity contribution < 1.29 is 0 Å². The lowest BCUT2D eigenvalue weighted by atomic mass is 9.76. The van der Waals surface area contributed by atoms with E-state index in [1.54, 1.807) is 11.1 Å². The zero-order valence-corrected chi connectivity index (χ0v) is 12.2. The maximum atomic E-state index is 2.43. The molecule has 0 spiro atoms. The van der Waals surface area contributed by atoms with Gasteiger partial charge in [-0.3, -0.25) is 0 Å². The minimum Gasteiger partial charge on any atom is -0.0683 e. The largest absolute Gasteiger partial charge is 0.0683 e. The average molecular weight is 232 g/mol. The molecule has 1 aromatic carbocycles. The molecule has 1 aliphatic rings. The van der Waals surface area contributed by atoms with Gasteiger partial charge in [-0.15, -0.1) is 0 Å². The van der Waals surface area contributed by atoms with Crippen LogP contribution in [0, 0.1) is 5.92 Å². The fourth-order valence-electron chi connectivity index (χ4n) is 2.82. The summed E-state index contributed by atoms with van der Waals surface area (Å²) in [6, 6.07) is 7.14. The highest BCUT2D eigenvalue weighted by molar-refractivity contribution is 5.36. The summed E-state index contributed by atoms with van der Waals surface area (Å²) in [5, 5.41) is 0. The molecule has 0 N–H and O–H groups in total. The van der Waals surface area contributed by atoms with E-state index in [1.807, 2.05) is 13.8 Å². The van der Waals surface area contributed by atoms with Crippen molar-refractivity contribution in [2.75, 3.05) is 0 Å². The fraction of sp³-hybridized carbons (Fsp3) is 0.647. The van der Waals surface area contributed by atoms with E-state index in [1.165, 1.54) is 31.2 Å². The summed E-state index contributed by atoms with van der Waals surface area (Å²) in [7, 11) is 0. The number of aryl methyl sites for hydroxylation is 2. The third-order valence-corrected chi connectivity index (χ3v) is 3.78. The molecule has 0 saturated heterocycles. The van der Waals surface area contributed by atoms with E-state index in [0.717, 1.165) is 11.8 Å². The van der Waals surface area contributed by atoms with Crippen LogP contribution < -0.4 is 0 Å². The van der Waals surface area contributed by atoms with Gasteiger partial charge in [0.15, 0.2) is 0 Å².